The quantitative estimate of drug-likeness (QED) is 0.790. The Kier molecular flexibility index (Phi) is 3.44. The van der Waals surface area contributed by atoms with Gasteiger partial charge in [-0.15, -0.1) is 0 Å². The first-order chi connectivity index (χ1) is 10.0. The molecule has 0 radical (unpaired) electrons. The molecule has 7 heteroatoms. The van der Waals surface area contributed by atoms with E-state index in [-0.39, 0.29) is 5.69 Å². The lowest BCUT2D eigenvalue weighted by molar-refractivity contribution is 0.209. The van der Waals surface area contributed by atoms with Gasteiger partial charge >= 0.3 is 5.69 Å². The first-order valence-corrected chi connectivity index (χ1v) is 7.36. The van der Waals surface area contributed by atoms with E-state index in [4.69, 9.17) is 0 Å². The zero-order valence-electron chi connectivity index (χ0n) is 13.1. The number of aromatic nitrogens is 4. The van der Waals surface area contributed by atoms with E-state index >= 15 is 0 Å². The maximum Gasteiger partial charge on any atom is 0.329 e. The number of nitrogens with zero attached hydrogens (tertiary/aromatic N) is 6. The van der Waals surface area contributed by atoms with Gasteiger partial charge in [-0.3, -0.25) is 14.0 Å². The molecule has 0 saturated carbocycles. The smallest absolute Gasteiger partial charge is 0.329 e. The third kappa shape index (κ3) is 2.21. The fraction of sp³-hybridized carbons (Fsp3) is 0.643. The van der Waals surface area contributed by atoms with Gasteiger partial charge in [-0.2, -0.15) is 0 Å². The van der Waals surface area contributed by atoms with Gasteiger partial charge < -0.3 is 4.90 Å². The van der Waals surface area contributed by atoms with E-state index in [1.54, 1.807) is 29.6 Å². The third-order valence-corrected chi connectivity index (χ3v) is 4.35. The molecule has 0 unspecified atom stereocenters. The van der Waals surface area contributed by atoms with Crippen LogP contribution in [0, 0.1) is 0 Å². The van der Waals surface area contributed by atoms with Gasteiger partial charge in [0.15, 0.2) is 11.5 Å². The van der Waals surface area contributed by atoms with Crippen LogP contribution in [0.2, 0.25) is 0 Å². The second kappa shape index (κ2) is 5.14. The van der Waals surface area contributed by atoms with Gasteiger partial charge in [0.25, 0.3) is 0 Å². The number of fused-ring (bicyclic) bond motifs is 1. The van der Waals surface area contributed by atoms with Crippen molar-refractivity contribution >= 4 is 17.0 Å². The van der Waals surface area contributed by atoms with Crippen LogP contribution in [0.4, 0.5) is 5.82 Å². The zero-order chi connectivity index (χ0) is 15.1. The molecule has 0 N–H and O–H groups in total. The van der Waals surface area contributed by atoms with Crippen LogP contribution in [0.15, 0.2) is 11.1 Å². The van der Waals surface area contributed by atoms with Crippen LogP contribution >= 0.6 is 0 Å². The second-order valence-electron chi connectivity index (χ2n) is 5.89. The summed E-state index contributed by atoms with van der Waals surface area (Å²) in [6.07, 6.45) is 1.55. The Morgan fingerprint density at radius 3 is 2.33 bits per heavy atom. The van der Waals surface area contributed by atoms with Crippen LogP contribution in [-0.2, 0) is 14.1 Å². The normalized spacial score (nSPS) is 17.1. The number of imidazole rings is 1. The van der Waals surface area contributed by atoms with E-state index in [9.17, 15) is 4.79 Å². The fourth-order valence-corrected chi connectivity index (χ4v) is 3.00. The summed E-state index contributed by atoms with van der Waals surface area (Å²) in [6, 6.07) is 0.568. The van der Waals surface area contributed by atoms with E-state index in [0.717, 1.165) is 37.5 Å². The highest BCUT2D eigenvalue weighted by atomic mass is 16.1. The van der Waals surface area contributed by atoms with Crippen molar-refractivity contribution in [1.29, 1.82) is 0 Å². The molecule has 0 atom stereocenters. The van der Waals surface area contributed by atoms with Crippen LogP contribution in [-0.4, -0.2) is 56.2 Å². The highest BCUT2D eigenvalue weighted by Crippen LogP contribution is 2.22. The molecule has 114 valence electrons. The van der Waals surface area contributed by atoms with E-state index in [1.165, 1.54) is 0 Å². The molecule has 1 fully saturated rings. The van der Waals surface area contributed by atoms with E-state index in [0.29, 0.717) is 11.7 Å². The molecule has 2 aromatic rings. The first-order valence-electron chi connectivity index (χ1n) is 7.36. The molecule has 1 aliphatic heterocycles. The van der Waals surface area contributed by atoms with Crippen molar-refractivity contribution in [1.82, 2.24) is 24.0 Å². The van der Waals surface area contributed by atoms with Gasteiger partial charge in [0.2, 0.25) is 0 Å². The molecule has 0 spiro atoms. The standard InChI is InChI=1S/C14H22N6O/c1-10(2)19-5-7-20(8-6-19)13-11-12(15-9-16-13)18(4)14(21)17(11)3/h9-10H,5-8H2,1-4H3. The number of aryl methyl sites for hydroxylation is 2. The molecule has 1 aliphatic rings. The van der Waals surface area contributed by atoms with Crippen molar-refractivity contribution < 1.29 is 0 Å². The summed E-state index contributed by atoms with van der Waals surface area (Å²) >= 11 is 0. The second-order valence-corrected chi connectivity index (χ2v) is 5.89. The molecule has 3 heterocycles. The van der Waals surface area contributed by atoms with Gasteiger partial charge in [-0.1, -0.05) is 0 Å². The number of hydrogen-bond donors (Lipinski definition) is 0. The lowest BCUT2D eigenvalue weighted by Gasteiger charge is -2.37. The summed E-state index contributed by atoms with van der Waals surface area (Å²) in [6.45, 7) is 8.33. The Labute approximate surface area is 123 Å². The van der Waals surface area contributed by atoms with Crippen molar-refractivity contribution in [2.45, 2.75) is 19.9 Å². The molecule has 0 aromatic carbocycles. The minimum absolute atomic E-state index is 0.0624. The molecule has 0 aliphatic carbocycles. The minimum atomic E-state index is -0.0624. The Balaban J connectivity index is 1.99. The molecular weight excluding hydrogens is 268 g/mol. The average Bonchev–Trinajstić information content (AvgIpc) is 2.72. The summed E-state index contributed by atoms with van der Waals surface area (Å²) in [4.78, 5) is 25.5. The van der Waals surface area contributed by atoms with Crippen molar-refractivity contribution in [3.63, 3.8) is 0 Å². The molecule has 0 amide bonds. The monoisotopic (exact) mass is 290 g/mol. The Morgan fingerprint density at radius 2 is 1.71 bits per heavy atom. The summed E-state index contributed by atoms with van der Waals surface area (Å²) < 4.78 is 3.21. The lowest BCUT2D eigenvalue weighted by Crippen LogP contribution is -2.49. The Bertz CT molecular complexity index is 708. The van der Waals surface area contributed by atoms with Crippen molar-refractivity contribution in [3.8, 4) is 0 Å². The van der Waals surface area contributed by atoms with Crippen molar-refractivity contribution in [2.24, 2.45) is 14.1 Å². The zero-order valence-corrected chi connectivity index (χ0v) is 13.1. The van der Waals surface area contributed by atoms with Crippen molar-refractivity contribution in [3.05, 3.63) is 16.8 Å². The molecular formula is C14H22N6O. The topological polar surface area (TPSA) is 59.2 Å². The van der Waals surface area contributed by atoms with Crippen molar-refractivity contribution in [2.75, 3.05) is 31.1 Å². The predicted molar refractivity (Wildman–Crippen MR) is 82.7 cm³/mol. The van der Waals surface area contributed by atoms with Gasteiger partial charge in [-0.05, 0) is 13.8 Å². The third-order valence-electron chi connectivity index (χ3n) is 4.35. The molecule has 7 nitrogen and oxygen atoms in total. The number of anilines is 1. The van der Waals surface area contributed by atoms with Gasteiger partial charge in [-0.25, -0.2) is 14.8 Å². The molecule has 21 heavy (non-hydrogen) atoms. The molecule has 1 saturated heterocycles. The summed E-state index contributed by atoms with van der Waals surface area (Å²) in [5.41, 5.74) is 1.45. The summed E-state index contributed by atoms with van der Waals surface area (Å²) in [5, 5.41) is 0. The van der Waals surface area contributed by atoms with Crippen LogP contribution in [0.5, 0.6) is 0 Å². The highest BCUT2D eigenvalue weighted by molar-refractivity contribution is 5.84. The van der Waals surface area contributed by atoms with Crippen LogP contribution in [0.25, 0.3) is 11.2 Å². The summed E-state index contributed by atoms with van der Waals surface area (Å²) in [7, 11) is 3.53. The van der Waals surface area contributed by atoms with Gasteiger partial charge in [0, 0.05) is 46.3 Å². The Morgan fingerprint density at radius 1 is 1.05 bits per heavy atom. The molecule has 3 rings (SSSR count). The molecule has 0 bridgehead atoms. The highest BCUT2D eigenvalue weighted by Gasteiger charge is 2.23. The predicted octanol–water partition coefficient (Wildman–Crippen LogP) is 0.197. The average molecular weight is 290 g/mol. The van der Waals surface area contributed by atoms with Crippen LogP contribution < -0.4 is 10.6 Å². The Hall–Kier alpha value is -1.89. The van der Waals surface area contributed by atoms with Gasteiger partial charge in [0.1, 0.15) is 11.8 Å². The number of rotatable bonds is 2. The number of piperazine rings is 1. The van der Waals surface area contributed by atoms with Crippen LogP contribution in [0.3, 0.4) is 0 Å². The van der Waals surface area contributed by atoms with Gasteiger partial charge in [0.05, 0.1) is 0 Å². The van der Waals surface area contributed by atoms with E-state index < -0.39 is 0 Å². The largest absolute Gasteiger partial charge is 0.352 e. The lowest BCUT2D eigenvalue weighted by atomic mass is 10.2. The van der Waals surface area contributed by atoms with Crippen LogP contribution in [0.1, 0.15) is 13.8 Å². The summed E-state index contributed by atoms with van der Waals surface area (Å²) in [5.74, 6) is 0.864. The maximum absolute atomic E-state index is 12.1. The minimum Gasteiger partial charge on any atom is -0.352 e. The fourth-order valence-electron chi connectivity index (χ4n) is 3.00. The number of hydrogen-bond acceptors (Lipinski definition) is 5. The van der Waals surface area contributed by atoms with E-state index in [1.807, 2.05) is 0 Å². The SMILES string of the molecule is CC(C)N1CCN(c2ncnc3c2n(C)c(=O)n3C)CC1. The maximum atomic E-state index is 12.1. The first kappa shape index (κ1) is 14.1. The molecule has 2 aromatic heterocycles. The van der Waals surface area contributed by atoms with E-state index in [2.05, 4.69) is 33.6 Å².